The molecule has 5 nitrogen and oxygen atoms in total. The summed E-state index contributed by atoms with van der Waals surface area (Å²) in [4.78, 5) is 8.25. The van der Waals surface area contributed by atoms with Crippen LogP contribution in [0.3, 0.4) is 0 Å². The molecule has 0 spiro atoms. The Balaban J connectivity index is 1.84. The fraction of sp³-hybridized carbons (Fsp3) is 0.333. The van der Waals surface area contributed by atoms with Crippen molar-refractivity contribution in [3.05, 3.63) is 36.5 Å². The molecule has 2 rings (SSSR count). The first-order valence-electron chi connectivity index (χ1n) is 5.70. The molecule has 0 aliphatic carbocycles. The van der Waals surface area contributed by atoms with Crippen LogP contribution in [-0.4, -0.2) is 23.1 Å². The first-order valence-corrected chi connectivity index (χ1v) is 5.70. The smallest absolute Gasteiger partial charge is 0.131 e. The highest BCUT2D eigenvalue weighted by atomic mass is 16.3. The van der Waals surface area contributed by atoms with Crippen LogP contribution in [0.2, 0.25) is 0 Å². The van der Waals surface area contributed by atoms with E-state index in [0.717, 1.165) is 36.9 Å². The van der Waals surface area contributed by atoms with Crippen molar-refractivity contribution in [3.63, 3.8) is 0 Å². The molecule has 0 aliphatic rings. The second kappa shape index (κ2) is 5.89. The molecule has 2 heterocycles. The van der Waals surface area contributed by atoms with Gasteiger partial charge in [0.1, 0.15) is 23.7 Å². The van der Waals surface area contributed by atoms with Crippen LogP contribution in [0.4, 0.5) is 11.6 Å². The van der Waals surface area contributed by atoms with Crippen molar-refractivity contribution in [2.24, 2.45) is 0 Å². The van der Waals surface area contributed by atoms with Crippen molar-refractivity contribution in [2.45, 2.75) is 13.3 Å². The summed E-state index contributed by atoms with van der Waals surface area (Å²) in [5.41, 5.74) is 0. The van der Waals surface area contributed by atoms with Gasteiger partial charge in [0.2, 0.25) is 0 Å². The van der Waals surface area contributed by atoms with E-state index < -0.39 is 0 Å². The van der Waals surface area contributed by atoms with Gasteiger partial charge in [-0.2, -0.15) is 0 Å². The van der Waals surface area contributed by atoms with Crippen molar-refractivity contribution < 1.29 is 4.42 Å². The Morgan fingerprint density at radius 3 is 2.76 bits per heavy atom. The molecule has 0 bridgehead atoms. The molecule has 90 valence electrons. The summed E-state index contributed by atoms with van der Waals surface area (Å²) < 4.78 is 5.25. The molecule has 0 aromatic carbocycles. The summed E-state index contributed by atoms with van der Waals surface area (Å²) in [6.07, 6.45) is 4.07. The van der Waals surface area contributed by atoms with E-state index in [1.807, 2.05) is 25.1 Å². The third kappa shape index (κ3) is 3.48. The number of furan rings is 1. The minimum absolute atomic E-state index is 0.788. The lowest BCUT2D eigenvalue weighted by atomic mass is 10.3. The molecule has 5 heteroatoms. The quantitative estimate of drug-likeness (QED) is 0.799. The van der Waals surface area contributed by atoms with Crippen LogP contribution in [0.15, 0.2) is 35.2 Å². The Morgan fingerprint density at radius 1 is 1.24 bits per heavy atom. The van der Waals surface area contributed by atoms with Gasteiger partial charge < -0.3 is 15.1 Å². The van der Waals surface area contributed by atoms with E-state index in [1.165, 1.54) is 0 Å². The molecule has 17 heavy (non-hydrogen) atoms. The maximum atomic E-state index is 5.25. The van der Waals surface area contributed by atoms with Gasteiger partial charge in [0, 0.05) is 25.6 Å². The zero-order valence-electron chi connectivity index (χ0n) is 9.81. The van der Waals surface area contributed by atoms with Crippen LogP contribution in [-0.2, 0) is 6.42 Å². The van der Waals surface area contributed by atoms with E-state index in [-0.39, 0.29) is 0 Å². The number of rotatable bonds is 6. The fourth-order valence-corrected chi connectivity index (χ4v) is 1.50. The van der Waals surface area contributed by atoms with E-state index in [0.29, 0.717) is 0 Å². The molecule has 2 aromatic heterocycles. The zero-order valence-corrected chi connectivity index (χ0v) is 9.81. The molecule has 0 saturated carbocycles. The third-order valence-electron chi connectivity index (χ3n) is 2.28. The van der Waals surface area contributed by atoms with E-state index in [4.69, 9.17) is 4.42 Å². The molecule has 2 N–H and O–H groups in total. The van der Waals surface area contributed by atoms with Gasteiger partial charge in [0.15, 0.2) is 0 Å². The van der Waals surface area contributed by atoms with Gasteiger partial charge in [-0.15, -0.1) is 0 Å². The minimum atomic E-state index is 0.788. The molecule has 0 amide bonds. The van der Waals surface area contributed by atoms with Crippen molar-refractivity contribution in [1.82, 2.24) is 9.97 Å². The molecular weight excluding hydrogens is 216 g/mol. The van der Waals surface area contributed by atoms with Crippen molar-refractivity contribution >= 4 is 11.6 Å². The molecule has 2 aromatic rings. The van der Waals surface area contributed by atoms with E-state index in [1.54, 1.807) is 12.6 Å². The highest BCUT2D eigenvalue weighted by molar-refractivity contribution is 5.46. The molecule has 0 radical (unpaired) electrons. The number of aromatic nitrogens is 2. The van der Waals surface area contributed by atoms with Crippen LogP contribution in [0.1, 0.15) is 12.7 Å². The number of hydrogen-bond acceptors (Lipinski definition) is 5. The molecule has 0 aliphatic heterocycles. The number of nitrogens with zero attached hydrogens (tertiary/aromatic N) is 2. The van der Waals surface area contributed by atoms with E-state index in [9.17, 15) is 0 Å². The van der Waals surface area contributed by atoms with Crippen LogP contribution in [0.25, 0.3) is 0 Å². The summed E-state index contributed by atoms with van der Waals surface area (Å²) in [6.45, 7) is 3.67. The van der Waals surface area contributed by atoms with Gasteiger partial charge in [-0.25, -0.2) is 9.97 Å². The molecule has 0 atom stereocenters. The van der Waals surface area contributed by atoms with Gasteiger partial charge in [0.25, 0.3) is 0 Å². The van der Waals surface area contributed by atoms with E-state index >= 15 is 0 Å². The van der Waals surface area contributed by atoms with Gasteiger partial charge in [-0.1, -0.05) is 0 Å². The second-order valence-electron chi connectivity index (χ2n) is 3.57. The summed E-state index contributed by atoms with van der Waals surface area (Å²) in [6, 6.07) is 5.75. The Bertz CT molecular complexity index is 442. The first-order chi connectivity index (χ1) is 8.38. The average molecular weight is 232 g/mol. The van der Waals surface area contributed by atoms with Gasteiger partial charge in [0.05, 0.1) is 6.26 Å². The molecular formula is C12H16N4O. The van der Waals surface area contributed by atoms with Crippen LogP contribution in [0.5, 0.6) is 0 Å². The zero-order chi connectivity index (χ0) is 11.9. The maximum absolute atomic E-state index is 5.25. The topological polar surface area (TPSA) is 63.0 Å². The standard InChI is InChI=1S/C12H16N4O/c1-2-13-11-8-12(16-9-15-11)14-6-5-10-4-3-7-17-10/h3-4,7-9H,2,5-6H2,1H3,(H2,13,14,15,16). The number of anilines is 2. The Hall–Kier alpha value is -2.04. The normalized spacial score (nSPS) is 10.2. The Kier molecular flexibility index (Phi) is 3.96. The van der Waals surface area contributed by atoms with Crippen LogP contribution >= 0.6 is 0 Å². The molecule has 0 unspecified atom stereocenters. The maximum Gasteiger partial charge on any atom is 0.131 e. The highest BCUT2D eigenvalue weighted by Crippen LogP contribution is 2.08. The lowest BCUT2D eigenvalue weighted by molar-refractivity contribution is 0.513. The average Bonchev–Trinajstić information content (AvgIpc) is 2.83. The summed E-state index contributed by atoms with van der Waals surface area (Å²) in [5, 5.41) is 6.37. The summed E-state index contributed by atoms with van der Waals surface area (Å²) in [5.74, 6) is 2.63. The lowest BCUT2D eigenvalue weighted by Gasteiger charge is -2.06. The second-order valence-corrected chi connectivity index (χ2v) is 3.57. The van der Waals surface area contributed by atoms with E-state index in [2.05, 4.69) is 20.6 Å². The highest BCUT2D eigenvalue weighted by Gasteiger charge is 1.98. The van der Waals surface area contributed by atoms with Crippen molar-refractivity contribution in [2.75, 3.05) is 23.7 Å². The number of nitrogens with one attached hydrogen (secondary N) is 2. The van der Waals surface area contributed by atoms with Gasteiger partial charge >= 0.3 is 0 Å². The van der Waals surface area contributed by atoms with Gasteiger partial charge in [-0.3, -0.25) is 0 Å². The first kappa shape index (κ1) is 11.4. The minimum Gasteiger partial charge on any atom is -0.469 e. The van der Waals surface area contributed by atoms with Gasteiger partial charge in [-0.05, 0) is 19.1 Å². The molecule has 0 saturated heterocycles. The monoisotopic (exact) mass is 232 g/mol. The molecule has 0 fully saturated rings. The largest absolute Gasteiger partial charge is 0.469 e. The van der Waals surface area contributed by atoms with Crippen LogP contribution in [0, 0.1) is 0 Å². The summed E-state index contributed by atoms with van der Waals surface area (Å²) >= 11 is 0. The van der Waals surface area contributed by atoms with Crippen molar-refractivity contribution in [1.29, 1.82) is 0 Å². The lowest BCUT2D eigenvalue weighted by Crippen LogP contribution is -2.07. The number of hydrogen-bond donors (Lipinski definition) is 2. The third-order valence-corrected chi connectivity index (χ3v) is 2.28. The Morgan fingerprint density at radius 2 is 2.06 bits per heavy atom. The fourth-order valence-electron chi connectivity index (χ4n) is 1.50. The summed E-state index contributed by atoms with van der Waals surface area (Å²) in [7, 11) is 0. The Labute approximate surface area is 100 Å². The predicted octanol–water partition coefficient (Wildman–Crippen LogP) is 2.16. The van der Waals surface area contributed by atoms with Crippen molar-refractivity contribution in [3.8, 4) is 0 Å². The SMILES string of the molecule is CCNc1cc(NCCc2ccco2)ncn1. The van der Waals surface area contributed by atoms with Crippen LogP contribution < -0.4 is 10.6 Å². The predicted molar refractivity (Wildman–Crippen MR) is 67.1 cm³/mol.